The highest BCUT2D eigenvalue weighted by Crippen LogP contribution is 2.24. The number of nitrogens with one attached hydrogen (secondary N) is 1. The van der Waals surface area contributed by atoms with E-state index in [0.717, 1.165) is 31.8 Å². The van der Waals surface area contributed by atoms with Crippen molar-refractivity contribution in [3.8, 4) is 0 Å². The Labute approximate surface area is 103 Å². The molecule has 1 N–H and O–H groups in total. The van der Waals surface area contributed by atoms with Crippen LogP contribution in [0.3, 0.4) is 0 Å². The molecule has 4 heteroatoms. The number of hydrogen-bond donors (Lipinski definition) is 1. The van der Waals surface area contributed by atoms with E-state index in [1.54, 1.807) is 0 Å². The summed E-state index contributed by atoms with van der Waals surface area (Å²) in [5, 5.41) is 3.37. The van der Waals surface area contributed by atoms with Crippen molar-refractivity contribution < 1.29 is 4.74 Å². The summed E-state index contributed by atoms with van der Waals surface area (Å²) in [7, 11) is 2.00. The van der Waals surface area contributed by atoms with Crippen LogP contribution in [0.1, 0.15) is 44.5 Å². The molecular weight excluding hydrogens is 214 g/mol. The van der Waals surface area contributed by atoms with Gasteiger partial charge in [-0.25, -0.2) is 4.98 Å². The average Bonchev–Trinajstić information content (AvgIpc) is 2.97. The van der Waals surface area contributed by atoms with Gasteiger partial charge in [0.15, 0.2) is 0 Å². The van der Waals surface area contributed by atoms with E-state index in [1.807, 2.05) is 13.2 Å². The van der Waals surface area contributed by atoms with Crippen LogP contribution in [0.15, 0.2) is 12.4 Å². The summed E-state index contributed by atoms with van der Waals surface area (Å²) in [4.78, 5) is 4.49. The molecule has 1 aromatic rings. The Morgan fingerprint density at radius 1 is 1.65 bits per heavy atom. The predicted octanol–water partition coefficient (Wildman–Crippen LogP) is 2.12. The molecular formula is C13H23N3O. The predicted molar refractivity (Wildman–Crippen MR) is 67.9 cm³/mol. The minimum Gasteiger partial charge on any atom is -0.378 e. The monoisotopic (exact) mass is 237 g/mol. The lowest BCUT2D eigenvalue weighted by Crippen LogP contribution is -2.25. The van der Waals surface area contributed by atoms with Crippen molar-refractivity contribution in [2.75, 3.05) is 13.7 Å². The third kappa shape index (κ3) is 3.07. The van der Waals surface area contributed by atoms with Crippen LogP contribution in [0, 0.1) is 0 Å². The molecule has 1 aliphatic rings. The van der Waals surface area contributed by atoms with Crippen LogP contribution < -0.4 is 5.32 Å². The van der Waals surface area contributed by atoms with E-state index >= 15 is 0 Å². The lowest BCUT2D eigenvalue weighted by atomic mass is 10.1. The number of imidazole rings is 1. The molecule has 4 nitrogen and oxygen atoms in total. The Morgan fingerprint density at radius 3 is 3.18 bits per heavy atom. The molecule has 2 unspecified atom stereocenters. The zero-order chi connectivity index (χ0) is 12.1. The van der Waals surface area contributed by atoms with Crippen LogP contribution in [-0.4, -0.2) is 29.3 Å². The van der Waals surface area contributed by atoms with Gasteiger partial charge in [-0.05, 0) is 32.7 Å². The van der Waals surface area contributed by atoms with Crippen LogP contribution in [-0.2, 0) is 11.3 Å². The van der Waals surface area contributed by atoms with Gasteiger partial charge in [-0.15, -0.1) is 0 Å². The Hall–Kier alpha value is -0.870. The zero-order valence-electron chi connectivity index (χ0n) is 10.9. The van der Waals surface area contributed by atoms with Gasteiger partial charge in [0.1, 0.15) is 5.82 Å². The van der Waals surface area contributed by atoms with Gasteiger partial charge in [0.2, 0.25) is 0 Å². The normalized spacial score (nSPS) is 21.9. The summed E-state index contributed by atoms with van der Waals surface area (Å²) in [6.45, 7) is 4.15. The molecule has 2 heterocycles. The molecule has 96 valence electrons. The molecule has 0 amide bonds. The van der Waals surface area contributed by atoms with Crippen molar-refractivity contribution >= 4 is 0 Å². The maximum atomic E-state index is 5.71. The topological polar surface area (TPSA) is 39.1 Å². The fraction of sp³-hybridized carbons (Fsp3) is 0.769. The number of hydrogen-bond acceptors (Lipinski definition) is 3. The first-order valence-electron chi connectivity index (χ1n) is 6.65. The van der Waals surface area contributed by atoms with Gasteiger partial charge < -0.3 is 14.6 Å². The van der Waals surface area contributed by atoms with Crippen molar-refractivity contribution in [2.45, 2.75) is 51.3 Å². The van der Waals surface area contributed by atoms with Gasteiger partial charge in [0, 0.05) is 25.5 Å². The molecule has 1 fully saturated rings. The first-order chi connectivity index (χ1) is 8.35. The maximum Gasteiger partial charge on any atom is 0.125 e. The maximum absolute atomic E-state index is 5.71. The molecule has 2 atom stereocenters. The molecule has 1 aromatic heterocycles. The highest BCUT2D eigenvalue weighted by atomic mass is 16.5. The van der Waals surface area contributed by atoms with Crippen LogP contribution in [0.2, 0.25) is 0 Å². The van der Waals surface area contributed by atoms with Crippen molar-refractivity contribution in [3.63, 3.8) is 0 Å². The molecule has 0 radical (unpaired) electrons. The summed E-state index contributed by atoms with van der Waals surface area (Å²) in [5.74, 6) is 1.14. The Bertz CT molecular complexity index is 331. The molecule has 17 heavy (non-hydrogen) atoms. The summed E-state index contributed by atoms with van der Waals surface area (Å²) < 4.78 is 7.95. The van der Waals surface area contributed by atoms with Crippen LogP contribution >= 0.6 is 0 Å². The van der Waals surface area contributed by atoms with Gasteiger partial charge >= 0.3 is 0 Å². The Morgan fingerprint density at radius 2 is 2.53 bits per heavy atom. The van der Waals surface area contributed by atoms with Gasteiger partial charge in [-0.3, -0.25) is 0 Å². The van der Waals surface area contributed by atoms with Gasteiger partial charge in [0.25, 0.3) is 0 Å². The van der Waals surface area contributed by atoms with E-state index in [2.05, 4.69) is 28.0 Å². The fourth-order valence-corrected chi connectivity index (χ4v) is 2.51. The number of nitrogens with zero attached hydrogens (tertiary/aromatic N) is 2. The third-order valence-electron chi connectivity index (χ3n) is 3.39. The minimum absolute atomic E-state index is 0.305. The van der Waals surface area contributed by atoms with E-state index in [-0.39, 0.29) is 0 Å². The first kappa shape index (κ1) is 12.6. The second kappa shape index (κ2) is 6.17. The molecule has 2 rings (SSSR count). The quantitative estimate of drug-likeness (QED) is 0.823. The molecule has 1 saturated heterocycles. The van der Waals surface area contributed by atoms with Gasteiger partial charge in [-0.1, -0.05) is 6.92 Å². The lowest BCUT2D eigenvalue weighted by Gasteiger charge is -2.20. The summed E-state index contributed by atoms with van der Waals surface area (Å²) in [5.41, 5.74) is 0. The zero-order valence-corrected chi connectivity index (χ0v) is 10.9. The van der Waals surface area contributed by atoms with Crippen molar-refractivity contribution in [2.24, 2.45) is 0 Å². The van der Waals surface area contributed by atoms with E-state index in [0.29, 0.717) is 12.1 Å². The van der Waals surface area contributed by atoms with Crippen LogP contribution in [0.5, 0.6) is 0 Å². The Balaban J connectivity index is 2.02. The van der Waals surface area contributed by atoms with Crippen molar-refractivity contribution in [1.82, 2.24) is 14.9 Å². The molecule has 0 saturated carbocycles. The molecule has 0 aliphatic carbocycles. The second-order valence-corrected chi connectivity index (χ2v) is 4.69. The van der Waals surface area contributed by atoms with E-state index in [4.69, 9.17) is 4.74 Å². The van der Waals surface area contributed by atoms with Crippen molar-refractivity contribution in [1.29, 1.82) is 0 Å². The van der Waals surface area contributed by atoms with Crippen molar-refractivity contribution in [3.05, 3.63) is 18.2 Å². The molecule has 0 spiro atoms. The van der Waals surface area contributed by atoms with Crippen LogP contribution in [0.25, 0.3) is 0 Å². The Kier molecular flexibility index (Phi) is 4.57. The van der Waals surface area contributed by atoms with Crippen LogP contribution in [0.4, 0.5) is 0 Å². The number of rotatable bonds is 6. The lowest BCUT2D eigenvalue weighted by molar-refractivity contribution is 0.0941. The molecule has 1 aliphatic heterocycles. The average molecular weight is 237 g/mol. The largest absolute Gasteiger partial charge is 0.378 e. The fourth-order valence-electron chi connectivity index (χ4n) is 2.51. The summed E-state index contributed by atoms with van der Waals surface area (Å²) >= 11 is 0. The highest BCUT2D eigenvalue weighted by molar-refractivity contribution is 5.00. The number of aromatic nitrogens is 2. The van der Waals surface area contributed by atoms with Gasteiger partial charge in [-0.2, -0.15) is 0 Å². The van der Waals surface area contributed by atoms with Gasteiger partial charge in [0.05, 0.1) is 12.1 Å². The summed E-state index contributed by atoms with van der Waals surface area (Å²) in [6, 6.07) is 0.305. The highest BCUT2D eigenvalue weighted by Gasteiger charge is 2.23. The smallest absolute Gasteiger partial charge is 0.125 e. The second-order valence-electron chi connectivity index (χ2n) is 4.69. The summed E-state index contributed by atoms with van der Waals surface area (Å²) in [6.07, 6.45) is 8.91. The number of aryl methyl sites for hydroxylation is 1. The van der Waals surface area contributed by atoms with E-state index < -0.39 is 0 Å². The SMILES string of the molecule is CCCn1ccnc1C(CC1CCCO1)NC. The van der Waals surface area contributed by atoms with E-state index in [1.165, 1.54) is 12.8 Å². The molecule has 0 aromatic carbocycles. The standard InChI is InChI=1S/C13H23N3O/c1-3-7-16-8-6-15-13(16)12(14-2)10-11-5-4-9-17-11/h6,8,11-12,14H,3-5,7,9-10H2,1-2H3. The molecule has 0 bridgehead atoms. The number of ether oxygens (including phenoxy) is 1. The van der Waals surface area contributed by atoms with E-state index in [9.17, 15) is 0 Å². The third-order valence-corrected chi connectivity index (χ3v) is 3.39. The first-order valence-corrected chi connectivity index (χ1v) is 6.65. The minimum atomic E-state index is 0.305.